The van der Waals surface area contributed by atoms with Crippen LogP contribution in [0.25, 0.3) is 0 Å². The van der Waals surface area contributed by atoms with Crippen LogP contribution >= 0.6 is 35.0 Å². The third-order valence-electron chi connectivity index (χ3n) is 3.74. The third kappa shape index (κ3) is 5.17. The lowest BCUT2D eigenvalue weighted by atomic mass is 9.99. The molecule has 0 unspecified atom stereocenters. The predicted octanol–water partition coefficient (Wildman–Crippen LogP) is 6.39. The monoisotopic (exact) mass is 366 g/mol. The van der Waals surface area contributed by atoms with Crippen LogP contribution in [0.2, 0.25) is 10.0 Å². The number of aliphatic imine (C=N–C) groups is 1. The van der Waals surface area contributed by atoms with Gasteiger partial charge in [0.2, 0.25) is 0 Å². The lowest BCUT2D eigenvalue weighted by molar-refractivity contribution is 0.734. The molecule has 5 heteroatoms. The average molecular weight is 367 g/mol. The molecule has 0 aromatic heterocycles. The molecule has 0 bridgehead atoms. The number of rotatable bonds is 5. The van der Waals surface area contributed by atoms with Gasteiger partial charge in [0.1, 0.15) is 0 Å². The summed E-state index contributed by atoms with van der Waals surface area (Å²) in [4.78, 5) is 4.43. The molecule has 0 heterocycles. The van der Waals surface area contributed by atoms with Crippen molar-refractivity contribution in [1.82, 2.24) is 0 Å². The topological polar surface area (TPSA) is 38.4 Å². The van der Waals surface area contributed by atoms with Gasteiger partial charge in [0, 0.05) is 15.8 Å². The number of halogens is 2. The largest absolute Gasteiger partial charge is 0.378 e. The second-order valence-corrected chi connectivity index (χ2v) is 7.15. The van der Waals surface area contributed by atoms with E-state index in [4.69, 9.17) is 28.9 Å². The summed E-state index contributed by atoms with van der Waals surface area (Å²) in [7, 11) is 0. The highest BCUT2D eigenvalue weighted by molar-refractivity contribution is 8.13. The first-order valence-corrected chi connectivity index (χ1v) is 9.25. The lowest BCUT2D eigenvalue weighted by Crippen LogP contribution is -2.06. The number of benzene rings is 2. The van der Waals surface area contributed by atoms with Gasteiger partial charge in [-0.05, 0) is 47.7 Å². The minimum Gasteiger partial charge on any atom is -0.378 e. The number of hydrogen-bond acceptors (Lipinski definition) is 2. The molecule has 0 saturated heterocycles. The van der Waals surface area contributed by atoms with Crippen molar-refractivity contribution < 1.29 is 0 Å². The Morgan fingerprint density at radius 3 is 2.30 bits per heavy atom. The SMILES string of the molecule is CC[C@H](C)c1ccc(N=C(N)SCc2c(Cl)cccc2Cl)cc1. The fourth-order valence-corrected chi connectivity index (χ4v) is 3.55. The van der Waals surface area contributed by atoms with Crippen LogP contribution in [-0.2, 0) is 5.75 Å². The molecule has 2 aromatic rings. The molecule has 0 spiro atoms. The van der Waals surface area contributed by atoms with Gasteiger partial charge < -0.3 is 5.73 Å². The Bertz CT molecular complexity index is 664. The third-order valence-corrected chi connectivity index (χ3v) is 5.27. The number of amidine groups is 1. The number of nitrogens with zero attached hydrogens (tertiary/aromatic N) is 1. The van der Waals surface area contributed by atoms with Crippen LogP contribution in [0.4, 0.5) is 5.69 Å². The van der Waals surface area contributed by atoms with E-state index in [0.29, 0.717) is 26.9 Å². The van der Waals surface area contributed by atoms with Crippen LogP contribution in [0, 0.1) is 0 Å². The van der Waals surface area contributed by atoms with Crippen molar-refractivity contribution >= 4 is 45.8 Å². The first kappa shape index (κ1) is 18.2. The van der Waals surface area contributed by atoms with Crippen molar-refractivity contribution in [1.29, 1.82) is 0 Å². The summed E-state index contributed by atoms with van der Waals surface area (Å²) in [6.07, 6.45) is 1.12. The summed E-state index contributed by atoms with van der Waals surface area (Å²) >= 11 is 13.7. The van der Waals surface area contributed by atoms with E-state index in [0.717, 1.165) is 17.7 Å². The maximum Gasteiger partial charge on any atom is 0.159 e. The van der Waals surface area contributed by atoms with E-state index in [1.54, 1.807) is 0 Å². The maximum absolute atomic E-state index is 6.16. The molecule has 0 aliphatic carbocycles. The zero-order valence-corrected chi connectivity index (χ0v) is 15.6. The summed E-state index contributed by atoms with van der Waals surface area (Å²) in [5.74, 6) is 1.15. The van der Waals surface area contributed by atoms with Crippen LogP contribution in [0.5, 0.6) is 0 Å². The normalized spacial score (nSPS) is 13.1. The van der Waals surface area contributed by atoms with Gasteiger partial charge in [0.05, 0.1) is 5.69 Å². The molecule has 0 amide bonds. The van der Waals surface area contributed by atoms with E-state index in [2.05, 4.69) is 31.0 Å². The average Bonchev–Trinajstić information content (AvgIpc) is 2.54. The fourth-order valence-electron chi connectivity index (χ4n) is 2.09. The first-order valence-electron chi connectivity index (χ1n) is 7.51. The summed E-state index contributed by atoms with van der Waals surface area (Å²) in [6, 6.07) is 13.7. The molecule has 0 saturated carbocycles. The lowest BCUT2D eigenvalue weighted by Gasteiger charge is -2.09. The molecule has 23 heavy (non-hydrogen) atoms. The Morgan fingerprint density at radius 1 is 1.13 bits per heavy atom. The van der Waals surface area contributed by atoms with Gasteiger partial charge >= 0.3 is 0 Å². The smallest absolute Gasteiger partial charge is 0.159 e. The zero-order valence-electron chi connectivity index (χ0n) is 13.2. The summed E-state index contributed by atoms with van der Waals surface area (Å²) < 4.78 is 0. The van der Waals surface area contributed by atoms with Crippen molar-refractivity contribution in [2.75, 3.05) is 0 Å². The van der Waals surface area contributed by atoms with Crippen molar-refractivity contribution in [3.8, 4) is 0 Å². The number of thioether (sulfide) groups is 1. The second kappa shape index (κ2) is 8.62. The molecule has 0 aliphatic heterocycles. The van der Waals surface area contributed by atoms with Crippen LogP contribution in [-0.4, -0.2) is 5.17 Å². The van der Waals surface area contributed by atoms with Crippen molar-refractivity contribution in [3.63, 3.8) is 0 Å². The van der Waals surface area contributed by atoms with Gasteiger partial charge in [-0.15, -0.1) is 0 Å². The molecule has 2 rings (SSSR count). The molecule has 2 nitrogen and oxygen atoms in total. The maximum atomic E-state index is 6.16. The summed E-state index contributed by atoms with van der Waals surface area (Å²) in [5.41, 5.74) is 9.06. The molecule has 2 aromatic carbocycles. The Balaban J connectivity index is 2.02. The van der Waals surface area contributed by atoms with Gasteiger partial charge in [0.15, 0.2) is 5.17 Å². The minimum atomic E-state index is 0.497. The molecule has 1 atom stereocenters. The Kier molecular flexibility index (Phi) is 6.82. The van der Waals surface area contributed by atoms with Gasteiger partial charge in [-0.2, -0.15) is 0 Å². The summed E-state index contributed by atoms with van der Waals surface area (Å²) in [6.45, 7) is 4.40. The van der Waals surface area contributed by atoms with E-state index >= 15 is 0 Å². The van der Waals surface area contributed by atoms with E-state index in [1.165, 1.54) is 17.3 Å². The highest BCUT2D eigenvalue weighted by Gasteiger charge is 2.07. The van der Waals surface area contributed by atoms with Gasteiger partial charge in [-0.1, -0.05) is 67.0 Å². The molecule has 2 N–H and O–H groups in total. The minimum absolute atomic E-state index is 0.497. The predicted molar refractivity (Wildman–Crippen MR) is 104 cm³/mol. The van der Waals surface area contributed by atoms with Gasteiger partial charge in [-0.3, -0.25) is 0 Å². The van der Waals surface area contributed by atoms with E-state index in [1.807, 2.05) is 30.3 Å². The van der Waals surface area contributed by atoms with Crippen molar-refractivity contribution in [2.24, 2.45) is 10.7 Å². The molecular formula is C18H20Cl2N2S. The highest BCUT2D eigenvalue weighted by atomic mass is 35.5. The Labute approximate surface area is 152 Å². The van der Waals surface area contributed by atoms with E-state index in [9.17, 15) is 0 Å². The van der Waals surface area contributed by atoms with E-state index < -0.39 is 0 Å². The molecule has 0 aliphatic rings. The summed E-state index contributed by atoms with van der Waals surface area (Å²) in [5, 5.41) is 1.80. The zero-order chi connectivity index (χ0) is 16.8. The first-order chi connectivity index (χ1) is 11.0. The van der Waals surface area contributed by atoms with Crippen LogP contribution in [0.1, 0.15) is 37.3 Å². The van der Waals surface area contributed by atoms with Crippen molar-refractivity contribution in [2.45, 2.75) is 31.9 Å². The fraction of sp³-hybridized carbons (Fsp3) is 0.278. The molecular weight excluding hydrogens is 347 g/mol. The highest BCUT2D eigenvalue weighted by Crippen LogP contribution is 2.29. The standard InChI is InChI=1S/C18H20Cl2N2S/c1-3-12(2)13-7-9-14(10-8-13)22-18(21)23-11-15-16(19)5-4-6-17(15)20/h4-10,12H,3,11H2,1-2H3,(H2,21,22)/t12-/m0/s1. The molecule has 122 valence electrons. The van der Waals surface area contributed by atoms with Crippen LogP contribution in [0.15, 0.2) is 47.5 Å². The quantitative estimate of drug-likeness (QED) is 0.491. The molecule has 0 radical (unpaired) electrons. The molecule has 0 fully saturated rings. The number of hydrogen-bond donors (Lipinski definition) is 1. The van der Waals surface area contributed by atoms with Crippen LogP contribution in [0.3, 0.4) is 0 Å². The Morgan fingerprint density at radius 2 is 1.74 bits per heavy atom. The van der Waals surface area contributed by atoms with Gasteiger partial charge in [0.25, 0.3) is 0 Å². The van der Waals surface area contributed by atoms with Crippen LogP contribution < -0.4 is 5.73 Å². The van der Waals surface area contributed by atoms with Gasteiger partial charge in [-0.25, -0.2) is 4.99 Å². The number of nitrogens with two attached hydrogens (primary N) is 1. The Hall–Kier alpha value is -1.16. The van der Waals surface area contributed by atoms with Crippen molar-refractivity contribution in [3.05, 3.63) is 63.6 Å². The second-order valence-electron chi connectivity index (χ2n) is 5.34. The van der Waals surface area contributed by atoms with E-state index in [-0.39, 0.29) is 0 Å².